The highest BCUT2D eigenvalue weighted by Gasteiger charge is 2.45. The summed E-state index contributed by atoms with van der Waals surface area (Å²) >= 11 is 1.02. The fraction of sp³-hybridized carbons (Fsp3) is 0.375. The van der Waals surface area contributed by atoms with Crippen molar-refractivity contribution in [2.45, 2.75) is 82.1 Å². The number of fused-ring (bicyclic) bond motifs is 6. The number of esters is 1. The van der Waals surface area contributed by atoms with E-state index in [1.807, 2.05) is 0 Å². The van der Waals surface area contributed by atoms with Crippen molar-refractivity contribution in [3.05, 3.63) is 74.6 Å². The molecular formula is C40H40N6O10S2. The Morgan fingerprint density at radius 3 is 2.47 bits per heavy atom. The number of hydrogen-bond acceptors (Lipinski definition) is 13. The van der Waals surface area contributed by atoms with Crippen LogP contribution in [0.3, 0.4) is 0 Å². The Hall–Kier alpha value is -5.72. The standard InChI is InChI=1S/C40H40N6O10S2/c1-6-40(52)24-15-28-33-22(16-46(28)37(50)23(24)17-56-38(40)51)21-11-12-55-34-27(10-9-26(42-33)31(21)34)43-35(48)19(4)41-36(49)32(18(2)3)45-30(47)14-20-7-8-25-29(13-20)57-39(44-25)58(5,53)54/h7-10,13,15,18-19,32,52H,6,11-12,14,16-17H2,1-5H3,(H,41,49)(H,43,48)(H,45,47)/t19-,32-,40-/m0/s1. The maximum Gasteiger partial charge on any atom is 0.343 e. The number of benzene rings is 2. The summed E-state index contributed by atoms with van der Waals surface area (Å²) in [7, 11) is -3.48. The summed E-state index contributed by atoms with van der Waals surface area (Å²) < 4.78 is 37.4. The average Bonchev–Trinajstić information content (AvgIpc) is 3.79. The number of nitrogens with zero attached hydrogens (tertiary/aromatic N) is 3. The number of cyclic esters (lactones) is 1. The van der Waals surface area contributed by atoms with Gasteiger partial charge in [0.05, 0.1) is 57.9 Å². The molecular weight excluding hydrogens is 789 g/mol. The van der Waals surface area contributed by atoms with E-state index in [2.05, 4.69) is 20.9 Å². The molecule has 0 bridgehead atoms. The van der Waals surface area contributed by atoms with E-state index < -0.39 is 51.2 Å². The number of carbonyl (C=O) groups excluding carboxylic acids is 4. The Labute approximate surface area is 335 Å². The second-order valence-corrected chi connectivity index (χ2v) is 18.4. The van der Waals surface area contributed by atoms with E-state index in [1.54, 1.807) is 61.7 Å². The first-order valence-electron chi connectivity index (χ1n) is 18.8. The molecule has 4 N–H and O–H groups in total. The van der Waals surface area contributed by atoms with Gasteiger partial charge in [0.2, 0.25) is 31.9 Å². The number of pyridine rings is 2. The predicted molar refractivity (Wildman–Crippen MR) is 213 cm³/mol. The molecule has 0 saturated carbocycles. The van der Waals surface area contributed by atoms with Gasteiger partial charge in [-0.2, -0.15) is 0 Å². The monoisotopic (exact) mass is 828 g/mol. The number of aliphatic hydroxyl groups is 1. The number of amides is 3. The second kappa shape index (κ2) is 14.3. The molecule has 3 aliphatic rings. The van der Waals surface area contributed by atoms with Crippen LogP contribution in [0.4, 0.5) is 5.69 Å². The molecule has 18 heteroatoms. The molecule has 6 heterocycles. The summed E-state index contributed by atoms with van der Waals surface area (Å²) in [4.78, 5) is 75.6. The van der Waals surface area contributed by atoms with Crippen molar-refractivity contribution in [3.8, 4) is 17.1 Å². The minimum Gasteiger partial charge on any atom is -0.490 e. The van der Waals surface area contributed by atoms with E-state index in [-0.39, 0.29) is 59.5 Å². The minimum atomic E-state index is -3.48. The van der Waals surface area contributed by atoms with Crippen LogP contribution in [-0.4, -0.2) is 76.7 Å². The largest absolute Gasteiger partial charge is 0.490 e. The lowest BCUT2D eigenvalue weighted by Gasteiger charge is -2.31. The summed E-state index contributed by atoms with van der Waals surface area (Å²) in [6.07, 6.45) is 1.56. The van der Waals surface area contributed by atoms with Gasteiger partial charge in [0.25, 0.3) is 5.56 Å². The summed E-state index contributed by atoms with van der Waals surface area (Å²) in [5, 5.41) is 20.3. The molecule has 8 rings (SSSR count). The van der Waals surface area contributed by atoms with Crippen molar-refractivity contribution in [1.29, 1.82) is 0 Å². The van der Waals surface area contributed by atoms with E-state index in [9.17, 15) is 37.5 Å². The van der Waals surface area contributed by atoms with Crippen LogP contribution < -0.4 is 26.2 Å². The number of sulfone groups is 1. The van der Waals surface area contributed by atoms with Crippen molar-refractivity contribution in [2.75, 3.05) is 18.2 Å². The number of nitrogens with one attached hydrogen (secondary N) is 3. The molecule has 302 valence electrons. The molecule has 3 atom stereocenters. The first-order valence-corrected chi connectivity index (χ1v) is 21.5. The number of thiazole rings is 1. The zero-order chi connectivity index (χ0) is 41.4. The lowest BCUT2D eigenvalue weighted by molar-refractivity contribution is -0.172. The predicted octanol–water partition coefficient (Wildman–Crippen LogP) is 2.85. The van der Waals surface area contributed by atoms with E-state index in [0.717, 1.165) is 28.7 Å². The molecule has 0 saturated heterocycles. The number of aromatic nitrogens is 3. The van der Waals surface area contributed by atoms with Crippen LogP contribution in [0.15, 0.2) is 45.5 Å². The van der Waals surface area contributed by atoms with Crippen LogP contribution in [0.25, 0.3) is 32.5 Å². The van der Waals surface area contributed by atoms with Gasteiger partial charge in [-0.05, 0) is 60.7 Å². The molecule has 5 aromatic rings. The minimum absolute atomic E-state index is 0.00952. The van der Waals surface area contributed by atoms with Crippen molar-refractivity contribution >= 4 is 71.7 Å². The van der Waals surface area contributed by atoms with Crippen LogP contribution in [0.5, 0.6) is 5.75 Å². The Morgan fingerprint density at radius 2 is 1.74 bits per heavy atom. The number of hydrogen-bond donors (Lipinski definition) is 4. The van der Waals surface area contributed by atoms with Crippen molar-refractivity contribution < 1.29 is 42.2 Å². The number of anilines is 1. The third-order valence-corrected chi connectivity index (χ3v) is 13.6. The van der Waals surface area contributed by atoms with Gasteiger partial charge in [0.15, 0.2) is 11.4 Å². The second-order valence-electron chi connectivity index (χ2n) is 15.2. The SMILES string of the molecule is CC[C@@]1(O)C(=O)OCc2c1cc1n(c2=O)Cc2c-1nc1ccc(NC(=O)[C@H](C)NC(=O)[C@@H](NC(=O)Cc3ccc4nc(S(C)(=O)=O)sc4c3)C(C)C)c3c1c2CCO3. The molecule has 0 unspecified atom stereocenters. The topological polar surface area (TPSA) is 225 Å². The summed E-state index contributed by atoms with van der Waals surface area (Å²) in [6, 6.07) is 8.11. The van der Waals surface area contributed by atoms with Crippen molar-refractivity contribution in [2.24, 2.45) is 5.92 Å². The molecule has 0 radical (unpaired) electrons. The fourth-order valence-corrected chi connectivity index (χ4v) is 9.68. The Morgan fingerprint density at radius 1 is 0.983 bits per heavy atom. The van der Waals surface area contributed by atoms with Gasteiger partial charge in [-0.3, -0.25) is 19.2 Å². The maximum absolute atomic E-state index is 13.7. The molecule has 58 heavy (non-hydrogen) atoms. The molecule has 0 aliphatic carbocycles. The Balaban J connectivity index is 0.985. The molecule has 3 aromatic heterocycles. The van der Waals surface area contributed by atoms with Crippen molar-refractivity contribution in [1.82, 2.24) is 25.2 Å². The number of ether oxygens (including phenoxy) is 2. The summed E-state index contributed by atoms with van der Waals surface area (Å²) in [6.45, 7) is 6.99. The highest BCUT2D eigenvalue weighted by atomic mass is 32.2. The van der Waals surface area contributed by atoms with Gasteiger partial charge in [0.1, 0.15) is 18.7 Å². The normalized spacial score (nSPS) is 17.8. The maximum atomic E-state index is 13.7. The molecule has 16 nitrogen and oxygen atoms in total. The molecule has 2 aromatic carbocycles. The molecule has 0 fully saturated rings. The molecule has 3 amide bonds. The van der Waals surface area contributed by atoms with E-state index in [1.165, 1.54) is 6.92 Å². The molecule has 0 spiro atoms. The lowest BCUT2D eigenvalue weighted by atomic mass is 9.86. The first-order chi connectivity index (χ1) is 27.5. The fourth-order valence-electron chi connectivity index (χ4n) is 7.78. The number of carbonyl (C=O) groups is 4. The van der Waals surface area contributed by atoms with Gasteiger partial charge >= 0.3 is 5.97 Å². The van der Waals surface area contributed by atoms with E-state index in [0.29, 0.717) is 55.9 Å². The van der Waals surface area contributed by atoms with Gasteiger partial charge in [-0.25, -0.2) is 23.2 Å². The zero-order valence-electron chi connectivity index (χ0n) is 32.2. The highest BCUT2D eigenvalue weighted by Crippen LogP contribution is 2.45. The molecule has 3 aliphatic heterocycles. The van der Waals surface area contributed by atoms with Crippen LogP contribution >= 0.6 is 11.3 Å². The summed E-state index contributed by atoms with van der Waals surface area (Å²) in [5.74, 6) is -2.23. The van der Waals surface area contributed by atoms with Crippen LogP contribution in [0, 0.1) is 5.92 Å². The third kappa shape index (κ3) is 6.57. The smallest absolute Gasteiger partial charge is 0.343 e. The first kappa shape index (κ1) is 39.1. The van der Waals surface area contributed by atoms with Crippen LogP contribution in [0.1, 0.15) is 61.9 Å². The summed E-state index contributed by atoms with van der Waals surface area (Å²) in [5.41, 5.74) is 2.97. The van der Waals surface area contributed by atoms with E-state index >= 15 is 0 Å². The highest BCUT2D eigenvalue weighted by molar-refractivity contribution is 7.92. The average molecular weight is 829 g/mol. The van der Waals surface area contributed by atoms with Gasteiger partial charge < -0.3 is 35.1 Å². The Kier molecular flexibility index (Phi) is 9.63. The van der Waals surface area contributed by atoms with Crippen LogP contribution in [0.2, 0.25) is 0 Å². The number of rotatable bonds is 10. The Bertz CT molecular complexity index is 2800. The quantitative estimate of drug-likeness (QED) is 0.146. The van der Waals surface area contributed by atoms with Crippen LogP contribution in [-0.2, 0) is 65.3 Å². The van der Waals surface area contributed by atoms with Gasteiger partial charge in [-0.1, -0.05) is 26.8 Å². The van der Waals surface area contributed by atoms with E-state index in [4.69, 9.17) is 14.5 Å². The lowest BCUT2D eigenvalue weighted by Crippen LogP contribution is -2.54. The zero-order valence-corrected chi connectivity index (χ0v) is 33.9. The van der Waals surface area contributed by atoms with Gasteiger partial charge in [-0.15, -0.1) is 11.3 Å². The third-order valence-electron chi connectivity index (χ3n) is 10.9. The van der Waals surface area contributed by atoms with Gasteiger partial charge in [0, 0.05) is 29.2 Å². The van der Waals surface area contributed by atoms with Crippen molar-refractivity contribution in [3.63, 3.8) is 0 Å².